The second-order valence-corrected chi connectivity index (χ2v) is 7.88. The third-order valence-electron chi connectivity index (χ3n) is 5.13. The highest BCUT2D eigenvalue weighted by atomic mass is 79.9. The molecule has 142 valence electrons. The van der Waals surface area contributed by atoms with Crippen LogP contribution in [-0.4, -0.2) is 5.11 Å². The summed E-state index contributed by atoms with van der Waals surface area (Å²) in [5.41, 5.74) is 5.52. The third kappa shape index (κ3) is 3.98. The minimum Gasteiger partial charge on any atom is -0.508 e. The molecule has 0 aliphatic carbocycles. The molecule has 1 aliphatic rings. The first-order chi connectivity index (χ1) is 13.6. The fraction of sp³-hybridized carbons (Fsp3) is 0.167. The highest BCUT2D eigenvalue weighted by Crippen LogP contribution is 2.33. The van der Waals surface area contributed by atoms with Gasteiger partial charge in [-0.2, -0.15) is 0 Å². The van der Waals surface area contributed by atoms with Gasteiger partial charge in [0.15, 0.2) is 0 Å². The number of hydrogen-bond donors (Lipinski definition) is 3. The number of phenols is 1. The molecule has 2 atom stereocenters. The Balaban J connectivity index is 1.73. The number of hydrogen-bond acceptors (Lipinski definition) is 3. The summed E-state index contributed by atoms with van der Waals surface area (Å²) in [5, 5.41) is 17.6. The summed E-state index contributed by atoms with van der Waals surface area (Å²) in [6.07, 6.45) is 3.10. The standard InChI is InChI=1S/C24H23BrN2O/c1-2-16-7-9-17(10-8-16)21-15-22(20-5-3-4-6-23(20)28)27-24(26-21)18-11-13-19(25)14-12-18/h3-15,22,24,26-28H,2H2,1H3. The zero-order valence-corrected chi connectivity index (χ0v) is 17.3. The van der Waals surface area contributed by atoms with E-state index in [4.69, 9.17) is 0 Å². The topological polar surface area (TPSA) is 44.3 Å². The van der Waals surface area contributed by atoms with E-state index in [1.165, 1.54) is 5.56 Å². The number of para-hydroxylation sites is 1. The first-order valence-electron chi connectivity index (χ1n) is 9.51. The van der Waals surface area contributed by atoms with Crippen LogP contribution in [0, 0.1) is 0 Å². The Morgan fingerprint density at radius 1 is 0.929 bits per heavy atom. The highest BCUT2D eigenvalue weighted by molar-refractivity contribution is 9.10. The van der Waals surface area contributed by atoms with E-state index in [-0.39, 0.29) is 12.2 Å². The molecule has 4 heteroatoms. The van der Waals surface area contributed by atoms with Crippen molar-refractivity contribution in [2.24, 2.45) is 0 Å². The lowest BCUT2D eigenvalue weighted by Crippen LogP contribution is -2.39. The maximum Gasteiger partial charge on any atom is 0.120 e. The molecule has 1 heterocycles. The molecule has 3 aromatic carbocycles. The molecule has 3 aromatic rings. The van der Waals surface area contributed by atoms with Crippen molar-refractivity contribution in [1.29, 1.82) is 0 Å². The van der Waals surface area contributed by atoms with E-state index in [1.807, 2.05) is 30.3 Å². The number of nitrogens with one attached hydrogen (secondary N) is 2. The summed E-state index contributed by atoms with van der Waals surface area (Å²) in [5.74, 6) is 0.299. The minimum absolute atomic E-state index is 0.0662. The SMILES string of the molecule is CCc1ccc(C2=CC(c3ccccc3O)NC(c3ccc(Br)cc3)N2)cc1. The summed E-state index contributed by atoms with van der Waals surface area (Å²) in [4.78, 5) is 0. The van der Waals surface area contributed by atoms with Crippen LogP contribution in [0.25, 0.3) is 5.70 Å². The van der Waals surface area contributed by atoms with Crippen LogP contribution >= 0.6 is 15.9 Å². The van der Waals surface area contributed by atoms with Crippen LogP contribution in [0.4, 0.5) is 0 Å². The van der Waals surface area contributed by atoms with Crippen molar-refractivity contribution in [3.8, 4) is 5.75 Å². The van der Waals surface area contributed by atoms with Crippen LogP contribution in [-0.2, 0) is 6.42 Å². The number of aryl methyl sites for hydroxylation is 1. The first kappa shape index (κ1) is 18.8. The second kappa shape index (κ2) is 8.21. The monoisotopic (exact) mass is 434 g/mol. The molecule has 2 unspecified atom stereocenters. The van der Waals surface area contributed by atoms with E-state index in [0.717, 1.165) is 33.3 Å². The molecule has 1 aliphatic heterocycles. The van der Waals surface area contributed by atoms with Gasteiger partial charge in [0.2, 0.25) is 0 Å². The molecule has 0 bridgehead atoms. The molecule has 0 saturated heterocycles. The van der Waals surface area contributed by atoms with Crippen LogP contribution in [0.3, 0.4) is 0 Å². The van der Waals surface area contributed by atoms with Crippen LogP contribution < -0.4 is 10.6 Å². The van der Waals surface area contributed by atoms with Gasteiger partial charge in [-0.05, 0) is 47.4 Å². The van der Waals surface area contributed by atoms with Gasteiger partial charge in [0.25, 0.3) is 0 Å². The van der Waals surface area contributed by atoms with Crippen LogP contribution in [0.1, 0.15) is 41.4 Å². The van der Waals surface area contributed by atoms with Gasteiger partial charge >= 0.3 is 0 Å². The van der Waals surface area contributed by atoms with Gasteiger partial charge in [-0.15, -0.1) is 0 Å². The van der Waals surface area contributed by atoms with Crippen molar-refractivity contribution < 1.29 is 5.11 Å². The summed E-state index contributed by atoms with van der Waals surface area (Å²) in [6, 6.07) is 24.3. The number of rotatable bonds is 4. The van der Waals surface area contributed by atoms with Gasteiger partial charge in [0.05, 0.1) is 6.04 Å². The van der Waals surface area contributed by atoms with Crippen molar-refractivity contribution in [2.45, 2.75) is 25.6 Å². The molecule has 0 fully saturated rings. The fourth-order valence-corrected chi connectivity index (χ4v) is 3.77. The third-order valence-corrected chi connectivity index (χ3v) is 5.66. The maximum absolute atomic E-state index is 10.4. The fourth-order valence-electron chi connectivity index (χ4n) is 3.50. The van der Waals surface area contributed by atoms with E-state index < -0.39 is 0 Å². The van der Waals surface area contributed by atoms with Gasteiger partial charge in [0, 0.05) is 15.7 Å². The number of aromatic hydroxyl groups is 1. The van der Waals surface area contributed by atoms with Crippen molar-refractivity contribution >= 4 is 21.6 Å². The van der Waals surface area contributed by atoms with Crippen molar-refractivity contribution in [3.05, 3.63) is 106 Å². The molecule has 0 radical (unpaired) electrons. The predicted molar refractivity (Wildman–Crippen MR) is 118 cm³/mol. The number of phenolic OH excluding ortho intramolecular Hbond substituents is 1. The van der Waals surface area contributed by atoms with E-state index in [9.17, 15) is 5.11 Å². The summed E-state index contributed by atoms with van der Waals surface area (Å²) in [6.45, 7) is 2.16. The Hall–Kier alpha value is -2.56. The summed E-state index contributed by atoms with van der Waals surface area (Å²) < 4.78 is 1.05. The molecule has 0 saturated carbocycles. The predicted octanol–water partition coefficient (Wildman–Crippen LogP) is 5.69. The van der Waals surface area contributed by atoms with Crippen LogP contribution in [0.2, 0.25) is 0 Å². The quantitative estimate of drug-likeness (QED) is 0.493. The summed E-state index contributed by atoms with van der Waals surface area (Å²) >= 11 is 3.50. The molecule has 4 rings (SSSR count). The Kier molecular flexibility index (Phi) is 5.51. The largest absolute Gasteiger partial charge is 0.508 e. The van der Waals surface area contributed by atoms with E-state index in [1.54, 1.807) is 6.07 Å². The molecular weight excluding hydrogens is 412 g/mol. The molecule has 0 aromatic heterocycles. The van der Waals surface area contributed by atoms with E-state index >= 15 is 0 Å². The van der Waals surface area contributed by atoms with Gasteiger partial charge in [-0.25, -0.2) is 0 Å². The number of benzene rings is 3. The lowest BCUT2D eigenvalue weighted by atomic mass is 9.97. The Bertz CT molecular complexity index is 980. The number of halogens is 1. The van der Waals surface area contributed by atoms with Crippen molar-refractivity contribution in [1.82, 2.24) is 10.6 Å². The highest BCUT2D eigenvalue weighted by Gasteiger charge is 2.25. The maximum atomic E-state index is 10.4. The lowest BCUT2D eigenvalue weighted by molar-refractivity contribution is 0.419. The smallest absolute Gasteiger partial charge is 0.120 e. The Morgan fingerprint density at radius 3 is 2.32 bits per heavy atom. The first-order valence-corrected chi connectivity index (χ1v) is 10.3. The van der Waals surface area contributed by atoms with Crippen LogP contribution in [0.5, 0.6) is 5.75 Å². The van der Waals surface area contributed by atoms with Crippen molar-refractivity contribution in [3.63, 3.8) is 0 Å². The minimum atomic E-state index is -0.100. The second-order valence-electron chi connectivity index (χ2n) is 6.96. The van der Waals surface area contributed by atoms with Crippen LogP contribution in [0.15, 0.2) is 83.3 Å². The molecule has 3 nitrogen and oxygen atoms in total. The molecule has 0 spiro atoms. The van der Waals surface area contributed by atoms with Gasteiger partial charge in [-0.1, -0.05) is 77.5 Å². The average Bonchev–Trinajstić information content (AvgIpc) is 2.74. The average molecular weight is 435 g/mol. The normalized spacial score (nSPS) is 19.0. The Morgan fingerprint density at radius 2 is 1.64 bits per heavy atom. The zero-order valence-electron chi connectivity index (χ0n) is 15.7. The molecular formula is C24H23BrN2O. The molecule has 28 heavy (non-hydrogen) atoms. The molecule has 0 amide bonds. The Labute approximate surface area is 174 Å². The van der Waals surface area contributed by atoms with Crippen molar-refractivity contribution in [2.75, 3.05) is 0 Å². The molecule has 3 N–H and O–H groups in total. The zero-order chi connectivity index (χ0) is 19.5. The lowest BCUT2D eigenvalue weighted by Gasteiger charge is -2.33. The van der Waals surface area contributed by atoms with Gasteiger partial charge in [-0.3, -0.25) is 5.32 Å². The van der Waals surface area contributed by atoms with E-state index in [2.05, 4.69) is 76.0 Å². The van der Waals surface area contributed by atoms with E-state index in [0.29, 0.717) is 5.75 Å². The van der Waals surface area contributed by atoms with Gasteiger partial charge < -0.3 is 10.4 Å². The van der Waals surface area contributed by atoms with Gasteiger partial charge in [0.1, 0.15) is 11.9 Å². The summed E-state index contributed by atoms with van der Waals surface area (Å²) in [7, 11) is 0.